The molecule has 0 unspecified atom stereocenters. The van der Waals surface area contributed by atoms with Crippen molar-refractivity contribution >= 4 is 11.6 Å². The molecule has 3 nitrogen and oxygen atoms in total. The molecular weight excluding hydrogens is 188 g/mol. The average Bonchev–Trinajstić information content (AvgIpc) is 2.03. The second-order valence-electron chi connectivity index (χ2n) is 3.99. The molecule has 72 valence electrons. The smallest absolute Gasteiger partial charge is 0.268 e. The highest BCUT2D eigenvalue weighted by molar-refractivity contribution is 6.17. The van der Waals surface area contributed by atoms with E-state index < -0.39 is 0 Å². The Balaban J connectivity index is 3.22. The highest BCUT2D eigenvalue weighted by atomic mass is 35.5. The summed E-state index contributed by atoms with van der Waals surface area (Å²) in [7, 11) is 0. The Hall–Kier alpha value is -0.830. The minimum Gasteiger partial charge on any atom is -0.268 e. The number of rotatable bonds is 1. The highest BCUT2D eigenvalue weighted by Crippen LogP contribution is 2.19. The molecule has 0 radical (unpaired) electrons. The van der Waals surface area contributed by atoms with E-state index in [1.807, 2.05) is 20.8 Å². The number of aromatic nitrogens is 2. The van der Waals surface area contributed by atoms with E-state index in [1.54, 1.807) is 6.07 Å². The van der Waals surface area contributed by atoms with Crippen molar-refractivity contribution in [2.24, 2.45) is 0 Å². The fraction of sp³-hybridized carbons (Fsp3) is 0.556. The van der Waals surface area contributed by atoms with Crippen LogP contribution in [-0.4, -0.2) is 10.2 Å². The molecule has 0 aromatic carbocycles. The maximum Gasteiger partial charge on any atom is 0.268 e. The molecular formula is C9H13ClN2O. The van der Waals surface area contributed by atoms with Crippen LogP contribution in [0, 0.1) is 0 Å². The normalized spacial score (nSPS) is 11.7. The Kier molecular flexibility index (Phi) is 2.76. The van der Waals surface area contributed by atoms with Crippen molar-refractivity contribution in [2.45, 2.75) is 32.1 Å². The van der Waals surface area contributed by atoms with Gasteiger partial charge in [-0.05, 0) is 6.07 Å². The molecule has 0 fully saturated rings. The van der Waals surface area contributed by atoms with Crippen molar-refractivity contribution in [3.63, 3.8) is 0 Å². The van der Waals surface area contributed by atoms with Gasteiger partial charge < -0.3 is 0 Å². The van der Waals surface area contributed by atoms with Crippen LogP contribution in [0.25, 0.3) is 0 Å². The van der Waals surface area contributed by atoms with Gasteiger partial charge in [-0.2, -0.15) is 5.10 Å². The zero-order valence-electron chi connectivity index (χ0n) is 8.02. The standard InChI is InChI=1S/C9H13ClN2O/c1-9(2,3)7-4-6(5-10)8(13)12-11-7/h4H,5H2,1-3H3,(H,12,13). The van der Waals surface area contributed by atoms with Gasteiger partial charge in [-0.15, -0.1) is 11.6 Å². The molecule has 0 spiro atoms. The quantitative estimate of drug-likeness (QED) is 0.703. The van der Waals surface area contributed by atoms with Gasteiger partial charge in [-0.1, -0.05) is 20.8 Å². The van der Waals surface area contributed by atoms with E-state index in [0.29, 0.717) is 5.56 Å². The average molecular weight is 201 g/mol. The number of hydrogen-bond acceptors (Lipinski definition) is 2. The second-order valence-corrected chi connectivity index (χ2v) is 4.26. The van der Waals surface area contributed by atoms with E-state index in [2.05, 4.69) is 10.2 Å². The maximum atomic E-state index is 11.1. The lowest BCUT2D eigenvalue weighted by atomic mass is 9.91. The van der Waals surface area contributed by atoms with Gasteiger partial charge in [0, 0.05) is 11.0 Å². The molecule has 13 heavy (non-hydrogen) atoms. The lowest BCUT2D eigenvalue weighted by Gasteiger charge is -2.16. The Morgan fingerprint density at radius 3 is 2.62 bits per heavy atom. The third-order valence-electron chi connectivity index (χ3n) is 1.79. The highest BCUT2D eigenvalue weighted by Gasteiger charge is 2.16. The van der Waals surface area contributed by atoms with E-state index in [4.69, 9.17) is 11.6 Å². The predicted octanol–water partition coefficient (Wildman–Crippen LogP) is 1.81. The Labute approximate surface area is 82.1 Å². The molecule has 1 N–H and O–H groups in total. The third-order valence-corrected chi connectivity index (χ3v) is 2.08. The molecule has 0 aliphatic rings. The van der Waals surface area contributed by atoms with Gasteiger partial charge in [0.2, 0.25) is 0 Å². The van der Waals surface area contributed by atoms with E-state index in [-0.39, 0.29) is 16.9 Å². The van der Waals surface area contributed by atoms with Crippen molar-refractivity contribution in [3.8, 4) is 0 Å². The molecule has 0 amide bonds. The molecule has 0 saturated carbocycles. The van der Waals surface area contributed by atoms with Gasteiger partial charge in [-0.25, -0.2) is 5.10 Å². The zero-order chi connectivity index (χ0) is 10.1. The van der Waals surface area contributed by atoms with Crippen LogP contribution in [0.5, 0.6) is 0 Å². The molecule has 0 aliphatic carbocycles. The minimum absolute atomic E-state index is 0.0645. The summed E-state index contributed by atoms with van der Waals surface area (Å²) < 4.78 is 0. The van der Waals surface area contributed by atoms with Crippen molar-refractivity contribution in [3.05, 3.63) is 27.7 Å². The second kappa shape index (κ2) is 3.50. The number of nitrogens with zero attached hydrogens (tertiary/aromatic N) is 1. The Bertz CT molecular complexity index is 351. The SMILES string of the molecule is CC(C)(C)c1cc(CCl)c(=O)[nH]n1. The van der Waals surface area contributed by atoms with Crippen molar-refractivity contribution in [1.29, 1.82) is 0 Å². The maximum absolute atomic E-state index is 11.1. The largest absolute Gasteiger partial charge is 0.268 e. The van der Waals surface area contributed by atoms with Crippen LogP contribution in [0.3, 0.4) is 0 Å². The summed E-state index contributed by atoms with van der Waals surface area (Å²) in [6.45, 7) is 6.10. The molecule has 1 heterocycles. The Morgan fingerprint density at radius 2 is 2.15 bits per heavy atom. The number of H-pyrrole nitrogens is 1. The lowest BCUT2D eigenvalue weighted by Crippen LogP contribution is -2.21. The van der Waals surface area contributed by atoms with Gasteiger partial charge in [0.15, 0.2) is 0 Å². The third kappa shape index (κ3) is 2.31. The van der Waals surface area contributed by atoms with Crippen molar-refractivity contribution < 1.29 is 0 Å². The van der Waals surface area contributed by atoms with E-state index in [0.717, 1.165) is 5.69 Å². The summed E-state index contributed by atoms with van der Waals surface area (Å²) in [6.07, 6.45) is 0. The van der Waals surface area contributed by atoms with E-state index in [9.17, 15) is 4.79 Å². The van der Waals surface area contributed by atoms with Crippen LogP contribution >= 0.6 is 11.6 Å². The molecule has 1 aromatic heterocycles. The number of alkyl halides is 1. The van der Waals surface area contributed by atoms with Crippen LogP contribution in [0.15, 0.2) is 10.9 Å². The summed E-state index contributed by atoms with van der Waals surface area (Å²) in [6, 6.07) is 1.76. The van der Waals surface area contributed by atoms with Gasteiger partial charge in [-0.3, -0.25) is 4.79 Å². The molecule has 0 bridgehead atoms. The molecule has 4 heteroatoms. The van der Waals surface area contributed by atoms with Crippen LogP contribution in [-0.2, 0) is 11.3 Å². The molecule has 0 saturated heterocycles. The Morgan fingerprint density at radius 1 is 1.54 bits per heavy atom. The van der Waals surface area contributed by atoms with Crippen LogP contribution in [0.2, 0.25) is 0 Å². The van der Waals surface area contributed by atoms with Gasteiger partial charge in [0.1, 0.15) is 0 Å². The van der Waals surface area contributed by atoms with Gasteiger partial charge in [0.05, 0.1) is 11.6 Å². The summed E-state index contributed by atoms with van der Waals surface area (Å²) in [5.41, 5.74) is 1.15. The van der Waals surface area contributed by atoms with Gasteiger partial charge >= 0.3 is 0 Å². The molecule has 0 atom stereocenters. The molecule has 0 aliphatic heterocycles. The van der Waals surface area contributed by atoms with Crippen molar-refractivity contribution in [2.75, 3.05) is 0 Å². The number of aromatic amines is 1. The van der Waals surface area contributed by atoms with Crippen LogP contribution in [0.4, 0.5) is 0 Å². The van der Waals surface area contributed by atoms with E-state index >= 15 is 0 Å². The number of halogens is 1. The van der Waals surface area contributed by atoms with Crippen molar-refractivity contribution in [1.82, 2.24) is 10.2 Å². The first-order chi connectivity index (χ1) is 5.95. The fourth-order valence-electron chi connectivity index (χ4n) is 0.929. The first kappa shape index (κ1) is 10.3. The summed E-state index contributed by atoms with van der Waals surface area (Å²) in [5, 5.41) is 6.40. The molecule has 1 aromatic rings. The topological polar surface area (TPSA) is 45.8 Å². The van der Waals surface area contributed by atoms with Gasteiger partial charge in [0.25, 0.3) is 5.56 Å². The minimum atomic E-state index is -0.206. The van der Waals surface area contributed by atoms with Crippen LogP contribution < -0.4 is 5.56 Å². The summed E-state index contributed by atoms with van der Waals surface area (Å²) >= 11 is 5.61. The van der Waals surface area contributed by atoms with E-state index in [1.165, 1.54) is 0 Å². The number of nitrogens with one attached hydrogen (secondary N) is 1. The fourth-order valence-corrected chi connectivity index (χ4v) is 1.13. The summed E-state index contributed by atoms with van der Waals surface area (Å²) in [5.74, 6) is 0.223. The first-order valence-corrected chi connectivity index (χ1v) is 4.63. The monoisotopic (exact) mass is 200 g/mol. The first-order valence-electron chi connectivity index (χ1n) is 4.10. The lowest BCUT2D eigenvalue weighted by molar-refractivity contribution is 0.555. The molecule has 1 rings (SSSR count). The zero-order valence-corrected chi connectivity index (χ0v) is 8.77. The summed E-state index contributed by atoms with van der Waals surface area (Å²) in [4.78, 5) is 11.1. The van der Waals surface area contributed by atoms with Crippen LogP contribution in [0.1, 0.15) is 32.0 Å². The number of hydrogen-bond donors (Lipinski definition) is 1. The predicted molar refractivity (Wildman–Crippen MR) is 53.1 cm³/mol.